The molecule has 1 saturated heterocycles. The van der Waals surface area contributed by atoms with Crippen molar-refractivity contribution in [3.8, 4) is 0 Å². The van der Waals surface area contributed by atoms with Crippen LogP contribution in [0.1, 0.15) is 12.8 Å². The summed E-state index contributed by atoms with van der Waals surface area (Å²) in [7, 11) is 0. The van der Waals surface area contributed by atoms with E-state index < -0.39 is 0 Å². The molecule has 0 aromatic carbocycles. The average molecular weight is 129 g/mol. The summed E-state index contributed by atoms with van der Waals surface area (Å²) in [5, 5.41) is 1.32. The van der Waals surface area contributed by atoms with Gasteiger partial charge in [-0.1, -0.05) is 0 Å². The minimum atomic E-state index is -0.0579. The average Bonchev–Trinajstić information content (AvgIpc) is 2.58. The molecule has 2 fully saturated rings. The molecule has 9 heavy (non-hydrogen) atoms. The number of amides is 1. The molecule has 0 aromatic heterocycles. The van der Waals surface area contributed by atoms with Crippen LogP contribution < -0.4 is 0 Å². The molecule has 4 heteroatoms. The maximum atomic E-state index is 10.7. The van der Waals surface area contributed by atoms with Crippen LogP contribution in [-0.4, -0.2) is 23.6 Å². The molecule has 0 radical (unpaired) electrons. The molecular weight excluding hydrogens is 122 g/mol. The van der Waals surface area contributed by atoms with Crippen molar-refractivity contribution < 1.29 is 14.7 Å². The fraction of sp³-hybridized carbons (Fsp3) is 0.800. The Balaban J connectivity index is 2.01. The SMILES string of the molecule is O=C1COON1C1CC1. The lowest BCUT2D eigenvalue weighted by atomic mass is 10.6. The third-order valence-corrected chi connectivity index (χ3v) is 1.44. The second-order valence-corrected chi connectivity index (χ2v) is 2.29. The highest BCUT2D eigenvalue weighted by atomic mass is 17.3. The van der Waals surface area contributed by atoms with Gasteiger partial charge in [0.2, 0.25) is 0 Å². The van der Waals surface area contributed by atoms with Crippen molar-refractivity contribution >= 4 is 5.91 Å². The highest BCUT2D eigenvalue weighted by molar-refractivity contribution is 5.77. The summed E-state index contributed by atoms with van der Waals surface area (Å²) >= 11 is 0. The third kappa shape index (κ3) is 0.799. The smallest absolute Gasteiger partial charge is 0.270 e. The molecule has 2 rings (SSSR count). The molecule has 1 aliphatic heterocycles. The van der Waals surface area contributed by atoms with E-state index in [0.717, 1.165) is 12.8 Å². The van der Waals surface area contributed by atoms with Crippen molar-refractivity contribution in [3.63, 3.8) is 0 Å². The second kappa shape index (κ2) is 1.68. The quantitative estimate of drug-likeness (QED) is 0.462. The van der Waals surface area contributed by atoms with Gasteiger partial charge >= 0.3 is 0 Å². The Morgan fingerprint density at radius 3 is 2.78 bits per heavy atom. The van der Waals surface area contributed by atoms with E-state index in [1.165, 1.54) is 5.06 Å². The van der Waals surface area contributed by atoms with E-state index in [1.807, 2.05) is 0 Å². The zero-order chi connectivity index (χ0) is 6.27. The van der Waals surface area contributed by atoms with E-state index in [-0.39, 0.29) is 12.5 Å². The number of carbonyl (C=O) groups is 1. The first kappa shape index (κ1) is 5.20. The van der Waals surface area contributed by atoms with E-state index in [9.17, 15) is 4.79 Å². The summed E-state index contributed by atoms with van der Waals surface area (Å²) in [6.07, 6.45) is 2.10. The summed E-state index contributed by atoms with van der Waals surface area (Å²) in [6.45, 7) is 0.0799. The van der Waals surface area contributed by atoms with Crippen molar-refractivity contribution in [2.75, 3.05) is 6.61 Å². The minimum Gasteiger partial charge on any atom is -0.270 e. The first-order valence-electron chi connectivity index (χ1n) is 2.99. The lowest BCUT2D eigenvalue weighted by Gasteiger charge is -2.06. The Kier molecular flexibility index (Phi) is 0.972. The largest absolute Gasteiger partial charge is 0.278 e. The monoisotopic (exact) mass is 129 g/mol. The maximum Gasteiger partial charge on any atom is 0.278 e. The van der Waals surface area contributed by atoms with E-state index in [2.05, 4.69) is 9.88 Å². The lowest BCUT2D eigenvalue weighted by Crippen LogP contribution is -2.26. The standard InChI is InChI=1S/C5H7NO3/c7-5-3-8-9-6(5)4-1-2-4/h4H,1-3H2. The van der Waals surface area contributed by atoms with Gasteiger partial charge in [-0.05, 0) is 12.8 Å². The Bertz CT molecular complexity index is 143. The topological polar surface area (TPSA) is 38.8 Å². The number of hydroxylamine groups is 2. The Morgan fingerprint density at radius 1 is 1.56 bits per heavy atom. The predicted octanol–water partition coefficient (Wildman–Crippen LogP) is -0.146. The van der Waals surface area contributed by atoms with Crippen LogP contribution in [0.4, 0.5) is 0 Å². The molecule has 0 bridgehead atoms. The van der Waals surface area contributed by atoms with Gasteiger partial charge < -0.3 is 0 Å². The van der Waals surface area contributed by atoms with Crippen LogP contribution in [-0.2, 0) is 14.7 Å². The molecule has 1 amide bonds. The molecule has 1 saturated carbocycles. The van der Waals surface area contributed by atoms with Crippen LogP contribution in [0.5, 0.6) is 0 Å². The molecule has 0 unspecified atom stereocenters. The highest BCUT2D eigenvalue weighted by Crippen LogP contribution is 2.28. The van der Waals surface area contributed by atoms with Crippen LogP contribution in [0.25, 0.3) is 0 Å². The van der Waals surface area contributed by atoms with Gasteiger partial charge in [-0.3, -0.25) is 4.79 Å². The summed E-state index contributed by atoms with van der Waals surface area (Å²) in [5.74, 6) is -0.0579. The van der Waals surface area contributed by atoms with Crippen molar-refractivity contribution in [3.05, 3.63) is 0 Å². The molecule has 2 aliphatic rings. The summed E-state index contributed by atoms with van der Waals surface area (Å²) in [4.78, 5) is 19.8. The number of rotatable bonds is 1. The molecular formula is C5H7NO3. The lowest BCUT2D eigenvalue weighted by molar-refractivity contribution is -0.369. The predicted molar refractivity (Wildman–Crippen MR) is 26.9 cm³/mol. The second-order valence-electron chi connectivity index (χ2n) is 2.29. The normalized spacial score (nSPS) is 27.6. The van der Waals surface area contributed by atoms with Crippen LogP contribution in [0.15, 0.2) is 0 Å². The van der Waals surface area contributed by atoms with Crippen LogP contribution in [0.3, 0.4) is 0 Å². The summed E-state index contributed by atoms with van der Waals surface area (Å²) < 4.78 is 0. The minimum absolute atomic E-state index is 0.0579. The summed E-state index contributed by atoms with van der Waals surface area (Å²) in [6, 6.07) is 0.306. The van der Waals surface area contributed by atoms with Gasteiger partial charge in [0, 0.05) is 0 Å². The molecule has 50 valence electrons. The Morgan fingerprint density at radius 2 is 2.33 bits per heavy atom. The zero-order valence-electron chi connectivity index (χ0n) is 4.87. The Hall–Kier alpha value is -0.610. The zero-order valence-corrected chi connectivity index (χ0v) is 4.87. The van der Waals surface area contributed by atoms with Gasteiger partial charge in [0.05, 0.1) is 6.04 Å². The van der Waals surface area contributed by atoms with Crippen molar-refractivity contribution in [2.24, 2.45) is 0 Å². The number of carbonyl (C=O) groups excluding carboxylic acids is 1. The van der Waals surface area contributed by atoms with E-state index in [4.69, 9.17) is 0 Å². The van der Waals surface area contributed by atoms with Gasteiger partial charge in [0.1, 0.15) is 0 Å². The van der Waals surface area contributed by atoms with Gasteiger partial charge in [0.25, 0.3) is 5.91 Å². The molecule has 0 spiro atoms. The molecule has 4 nitrogen and oxygen atoms in total. The van der Waals surface area contributed by atoms with Gasteiger partial charge in [-0.15, -0.1) is 4.99 Å². The molecule has 0 aromatic rings. The molecule has 1 heterocycles. The van der Waals surface area contributed by atoms with Crippen LogP contribution >= 0.6 is 0 Å². The first-order chi connectivity index (χ1) is 4.38. The van der Waals surface area contributed by atoms with Crippen LogP contribution in [0.2, 0.25) is 0 Å². The van der Waals surface area contributed by atoms with Crippen molar-refractivity contribution in [2.45, 2.75) is 18.9 Å². The van der Waals surface area contributed by atoms with Gasteiger partial charge in [0.15, 0.2) is 6.61 Å². The van der Waals surface area contributed by atoms with Crippen LogP contribution in [0, 0.1) is 0 Å². The van der Waals surface area contributed by atoms with Crippen molar-refractivity contribution in [1.29, 1.82) is 0 Å². The highest BCUT2D eigenvalue weighted by Gasteiger charge is 2.38. The maximum absolute atomic E-state index is 10.7. The van der Waals surface area contributed by atoms with Crippen molar-refractivity contribution in [1.82, 2.24) is 5.06 Å². The van der Waals surface area contributed by atoms with Gasteiger partial charge in [-0.2, -0.15) is 5.06 Å². The number of nitrogens with zero attached hydrogens (tertiary/aromatic N) is 1. The fourth-order valence-corrected chi connectivity index (χ4v) is 0.812. The van der Waals surface area contributed by atoms with E-state index >= 15 is 0 Å². The Labute approximate surface area is 52.2 Å². The third-order valence-electron chi connectivity index (χ3n) is 1.44. The number of hydrogen-bond acceptors (Lipinski definition) is 3. The summed E-state index contributed by atoms with van der Waals surface area (Å²) in [5.41, 5.74) is 0. The molecule has 1 aliphatic carbocycles. The molecule has 0 N–H and O–H groups in total. The van der Waals surface area contributed by atoms with E-state index in [0.29, 0.717) is 6.04 Å². The number of hydrogen-bond donors (Lipinski definition) is 0. The fourth-order valence-electron chi connectivity index (χ4n) is 0.812. The van der Waals surface area contributed by atoms with Gasteiger partial charge in [-0.25, -0.2) is 4.89 Å². The molecule has 0 atom stereocenters. The van der Waals surface area contributed by atoms with E-state index in [1.54, 1.807) is 0 Å². The first-order valence-corrected chi connectivity index (χ1v) is 2.99.